The number of sulfone groups is 1. The number of carbonyl (C=O) groups excluding carboxylic acids is 1. The molecule has 0 unspecified atom stereocenters. The predicted octanol–water partition coefficient (Wildman–Crippen LogP) is 0.787. The van der Waals surface area contributed by atoms with Crippen LogP contribution in [-0.2, 0) is 14.6 Å². The van der Waals surface area contributed by atoms with Gasteiger partial charge in [-0.25, -0.2) is 8.42 Å². The van der Waals surface area contributed by atoms with Crippen LogP contribution in [0.2, 0.25) is 0 Å². The topological polar surface area (TPSA) is 51.2 Å². The molecule has 0 heterocycles. The zero-order valence-electron chi connectivity index (χ0n) is 7.29. The highest BCUT2D eigenvalue weighted by Gasteiger charge is 2.36. The van der Waals surface area contributed by atoms with Gasteiger partial charge in [-0.15, -0.1) is 0 Å². The van der Waals surface area contributed by atoms with Crippen LogP contribution in [0.5, 0.6) is 0 Å². The fraction of sp³-hybridized carbons (Fsp3) is 0.857. The molecule has 0 aliphatic heterocycles. The largest absolute Gasteiger partial charge is 0.302 e. The molecule has 0 saturated heterocycles. The molecular weight excluding hydrogens is 164 g/mol. The van der Waals surface area contributed by atoms with Crippen molar-refractivity contribution in [2.45, 2.75) is 37.7 Å². The summed E-state index contributed by atoms with van der Waals surface area (Å²) >= 11 is 0. The second-order valence-corrected chi connectivity index (χ2v) is 6.40. The van der Waals surface area contributed by atoms with Crippen molar-refractivity contribution in [2.24, 2.45) is 0 Å². The summed E-state index contributed by atoms with van der Waals surface area (Å²) in [5.74, 6) is 0. The molecule has 0 N–H and O–H groups in total. The highest BCUT2D eigenvalue weighted by atomic mass is 32.2. The Balaban J connectivity index is 5.01. The zero-order chi connectivity index (χ0) is 9.28. The summed E-state index contributed by atoms with van der Waals surface area (Å²) in [6.07, 6.45) is 0.475. The van der Waals surface area contributed by atoms with Crippen LogP contribution in [-0.4, -0.2) is 24.7 Å². The zero-order valence-corrected chi connectivity index (χ0v) is 8.10. The molecule has 66 valence electrons. The molecule has 0 aromatic heterocycles. The van der Waals surface area contributed by atoms with Crippen LogP contribution in [0.1, 0.15) is 27.7 Å². The minimum absolute atomic E-state index is 0.475. The monoisotopic (exact) mass is 178 g/mol. The van der Waals surface area contributed by atoms with Crippen molar-refractivity contribution in [3.63, 3.8) is 0 Å². The van der Waals surface area contributed by atoms with Gasteiger partial charge in [0.1, 0.15) is 11.0 Å². The quantitative estimate of drug-likeness (QED) is 0.600. The van der Waals surface area contributed by atoms with Gasteiger partial charge in [0.25, 0.3) is 0 Å². The summed E-state index contributed by atoms with van der Waals surface area (Å²) < 4.78 is 21.5. The second kappa shape index (κ2) is 2.93. The van der Waals surface area contributed by atoms with E-state index in [0.29, 0.717) is 6.29 Å². The standard InChI is InChI=1S/C7H14O3S/c1-6(2)11(9,10)7(3,4)5-8/h5-6H,1-4H3. The number of carbonyl (C=O) groups is 1. The van der Waals surface area contributed by atoms with E-state index in [1.165, 1.54) is 13.8 Å². The average molecular weight is 178 g/mol. The Morgan fingerprint density at radius 3 is 1.73 bits per heavy atom. The molecule has 0 aromatic rings. The van der Waals surface area contributed by atoms with E-state index in [1.54, 1.807) is 13.8 Å². The van der Waals surface area contributed by atoms with Crippen molar-refractivity contribution in [3.05, 3.63) is 0 Å². The molecule has 0 bridgehead atoms. The van der Waals surface area contributed by atoms with Crippen molar-refractivity contribution in [2.75, 3.05) is 0 Å². The van der Waals surface area contributed by atoms with E-state index in [1.807, 2.05) is 0 Å². The Labute approximate surface area is 67.7 Å². The fourth-order valence-corrected chi connectivity index (χ4v) is 2.02. The van der Waals surface area contributed by atoms with E-state index in [0.717, 1.165) is 0 Å². The Morgan fingerprint density at radius 2 is 1.64 bits per heavy atom. The van der Waals surface area contributed by atoms with Crippen LogP contribution in [0.4, 0.5) is 0 Å². The van der Waals surface area contributed by atoms with Crippen molar-refractivity contribution < 1.29 is 13.2 Å². The third-order valence-corrected chi connectivity index (χ3v) is 4.44. The molecule has 0 saturated carbocycles. The maximum absolute atomic E-state index is 11.4. The first-order valence-electron chi connectivity index (χ1n) is 3.45. The maximum atomic E-state index is 11.4. The van der Waals surface area contributed by atoms with Gasteiger partial charge in [-0.1, -0.05) is 0 Å². The minimum Gasteiger partial charge on any atom is -0.302 e. The van der Waals surface area contributed by atoms with Crippen LogP contribution in [0.15, 0.2) is 0 Å². The molecule has 4 heteroatoms. The first-order chi connectivity index (χ1) is 4.75. The summed E-state index contributed by atoms with van der Waals surface area (Å²) in [6, 6.07) is 0. The van der Waals surface area contributed by atoms with Crippen molar-refractivity contribution in [3.8, 4) is 0 Å². The summed E-state index contributed by atoms with van der Waals surface area (Å²) in [4.78, 5) is 10.4. The first-order valence-corrected chi connectivity index (χ1v) is 5.00. The Hall–Kier alpha value is -0.380. The molecule has 0 aliphatic carbocycles. The van der Waals surface area contributed by atoms with Gasteiger partial charge in [0, 0.05) is 0 Å². The molecular formula is C7H14O3S. The minimum atomic E-state index is -3.29. The fourth-order valence-electron chi connectivity index (χ4n) is 0.675. The van der Waals surface area contributed by atoms with E-state index >= 15 is 0 Å². The average Bonchev–Trinajstić information content (AvgIpc) is 1.87. The summed E-state index contributed by atoms with van der Waals surface area (Å²) in [6.45, 7) is 5.96. The highest BCUT2D eigenvalue weighted by molar-refractivity contribution is 7.94. The predicted molar refractivity (Wildman–Crippen MR) is 44.2 cm³/mol. The highest BCUT2D eigenvalue weighted by Crippen LogP contribution is 2.18. The lowest BCUT2D eigenvalue weighted by Crippen LogP contribution is -2.38. The molecule has 0 radical (unpaired) electrons. The number of aldehydes is 1. The maximum Gasteiger partial charge on any atom is 0.164 e. The third kappa shape index (κ3) is 1.80. The lowest BCUT2D eigenvalue weighted by molar-refractivity contribution is -0.109. The van der Waals surface area contributed by atoms with Gasteiger partial charge in [0.05, 0.1) is 5.25 Å². The van der Waals surface area contributed by atoms with Crippen molar-refractivity contribution in [1.82, 2.24) is 0 Å². The lowest BCUT2D eigenvalue weighted by atomic mass is 10.2. The van der Waals surface area contributed by atoms with Crippen LogP contribution in [0.3, 0.4) is 0 Å². The number of hydrogen-bond acceptors (Lipinski definition) is 3. The first kappa shape index (κ1) is 10.6. The Bertz CT molecular complexity index is 236. The normalized spacial score (nSPS) is 13.5. The van der Waals surface area contributed by atoms with E-state index in [-0.39, 0.29) is 0 Å². The van der Waals surface area contributed by atoms with Crippen LogP contribution in [0, 0.1) is 0 Å². The van der Waals surface area contributed by atoms with Crippen molar-refractivity contribution in [1.29, 1.82) is 0 Å². The van der Waals surface area contributed by atoms with Gasteiger partial charge < -0.3 is 4.79 Å². The Kier molecular flexibility index (Phi) is 2.83. The molecule has 0 rings (SSSR count). The smallest absolute Gasteiger partial charge is 0.164 e. The van der Waals surface area contributed by atoms with Gasteiger partial charge >= 0.3 is 0 Å². The van der Waals surface area contributed by atoms with E-state index in [9.17, 15) is 13.2 Å². The number of rotatable bonds is 3. The van der Waals surface area contributed by atoms with Gasteiger partial charge in [-0.2, -0.15) is 0 Å². The summed E-state index contributed by atoms with van der Waals surface area (Å²) in [5, 5.41) is -0.498. The second-order valence-electron chi connectivity index (χ2n) is 3.32. The molecule has 11 heavy (non-hydrogen) atoms. The molecule has 0 spiro atoms. The van der Waals surface area contributed by atoms with E-state index in [4.69, 9.17) is 0 Å². The SMILES string of the molecule is CC(C)S(=O)(=O)C(C)(C)C=O. The molecule has 0 atom stereocenters. The molecule has 0 fully saturated rings. The lowest BCUT2D eigenvalue weighted by Gasteiger charge is -2.20. The van der Waals surface area contributed by atoms with Crippen LogP contribution >= 0.6 is 0 Å². The molecule has 0 aliphatic rings. The van der Waals surface area contributed by atoms with Crippen LogP contribution in [0.25, 0.3) is 0 Å². The van der Waals surface area contributed by atoms with Gasteiger partial charge in [0.15, 0.2) is 9.84 Å². The summed E-state index contributed by atoms with van der Waals surface area (Å²) in [5.41, 5.74) is 0. The van der Waals surface area contributed by atoms with Gasteiger partial charge in [0.2, 0.25) is 0 Å². The molecule has 0 aromatic carbocycles. The van der Waals surface area contributed by atoms with Crippen LogP contribution < -0.4 is 0 Å². The third-order valence-electron chi connectivity index (χ3n) is 1.64. The van der Waals surface area contributed by atoms with Crippen molar-refractivity contribution >= 4 is 16.1 Å². The molecule has 3 nitrogen and oxygen atoms in total. The molecule has 0 amide bonds. The number of hydrogen-bond donors (Lipinski definition) is 0. The van der Waals surface area contributed by atoms with E-state index in [2.05, 4.69) is 0 Å². The van der Waals surface area contributed by atoms with Gasteiger partial charge in [-0.05, 0) is 27.7 Å². The van der Waals surface area contributed by atoms with E-state index < -0.39 is 19.8 Å². The van der Waals surface area contributed by atoms with Gasteiger partial charge in [-0.3, -0.25) is 0 Å². The summed E-state index contributed by atoms with van der Waals surface area (Å²) in [7, 11) is -3.29. The Morgan fingerprint density at radius 1 is 1.27 bits per heavy atom.